The van der Waals surface area contributed by atoms with Crippen LogP contribution in [0.4, 0.5) is 0 Å². The predicted molar refractivity (Wildman–Crippen MR) is 73.6 cm³/mol. The molecule has 0 aromatic heterocycles. The minimum atomic E-state index is -3.13. The molecular formula is C12H28N2O2S. The normalized spacial score (nSPS) is 14.9. The summed E-state index contributed by atoms with van der Waals surface area (Å²) in [7, 11) is -1.45. The van der Waals surface area contributed by atoms with Crippen molar-refractivity contribution in [3.63, 3.8) is 0 Å². The maximum Gasteiger partial charge on any atom is 0.215 e. The van der Waals surface area contributed by atoms with Gasteiger partial charge in [0.05, 0.1) is 5.75 Å². The molecule has 0 spiro atoms. The maximum atomic E-state index is 12.0. The third-order valence-corrected chi connectivity index (χ3v) is 4.74. The first-order valence-electron chi connectivity index (χ1n) is 6.36. The third kappa shape index (κ3) is 7.01. The molecule has 104 valence electrons. The Morgan fingerprint density at radius 1 is 1.12 bits per heavy atom. The molecule has 1 atom stereocenters. The van der Waals surface area contributed by atoms with E-state index in [2.05, 4.69) is 19.2 Å². The highest BCUT2D eigenvalue weighted by Crippen LogP contribution is 2.13. The molecule has 0 aromatic rings. The second-order valence-electron chi connectivity index (χ2n) is 5.42. The summed E-state index contributed by atoms with van der Waals surface area (Å²) in [4.78, 5) is 0. The van der Waals surface area contributed by atoms with Gasteiger partial charge < -0.3 is 5.32 Å². The van der Waals surface area contributed by atoms with E-state index in [9.17, 15) is 8.42 Å². The van der Waals surface area contributed by atoms with Crippen molar-refractivity contribution in [3.05, 3.63) is 0 Å². The van der Waals surface area contributed by atoms with Crippen molar-refractivity contribution >= 4 is 10.0 Å². The zero-order chi connectivity index (χ0) is 13.6. The Kier molecular flexibility index (Phi) is 7.28. The second kappa shape index (κ2) is 7.34. The molecule has 0 aliphatic carbocycles. The zero-order valence-electron chi connectivity index (χ0n) is 12.0. The molecule has 4 nitrogen and oxygen atoms in total. The third-order valence-electron chi connectivity index (χ3n) is 2.78. The van der Waals surface area contributed by atoms with Gasteiger partial charge in [-0.2, -0.15) is 0 Å². The van der Waals surface area contributed by atoms with Gasteiger partial charge in [-0.25, -0.2) is 12.7 Å². The van der Waals surface area contributed by atoms with Gasteiger partial charge in [0, 0.05) is 25.7 Å². The number of nitrogens with zero attached hydrogens (tertiary/aromatic N) is 1. The van der Waals surface area contributed by atoms with Crippen LogP contribution >= 0.6 is 0 Å². The van der Waals surface area contributed by atoms with Gasteiger partial charge >= 0.3 is 0 Å². The molecule has 0 aliphatic heterocycles. The topological polar surface area (TPSA) is 49.4 Å². The van der Waals surface area contributed by atoms with Crippen molar-refractivity contribution in [1.82, 2.24) is 9.62 Å². The first-order chi connectivity index (χ1) is 7.66. The lowest BCUT2D eigenvalue weighted by Gasteiger charge is -2.25. The molecule has 0 bridgehead atoms. The Balaban J connectivity index is 4.29. The monoisotopic (exact) mass is 264 g/mol. The van der Waals surface area contributed by atoms with Gasteiger partial charge in [0.2, 0.25) is 10.0 Å². The summed E-state index contributed by atoms with van der Waals surface area (Å²) in [5.74, 6) is 0.681. The number of sulfonamides is 1. The van der Waals surface area contributed by atoms with E-state index in [0.717, 1.165) is 6.42 Å². The van der Waals surface area contributed by atoms with Crippen LogP contribution in [-0.2, 0) is 10.0 Å². The van der Waals surface area contributed by atoms with E-state index in [1.54, 1.807) is 7.05 Å². The van der Waals surface area contributed by atoms with Gasteiger partial charge in [0.1, 0.15) is 0 Å². The maximum absolute atomic E-state index is 12.0. The lowest BCUT2D eigenvalue weighted by Crippen LogP contribution is -2.40. The first kappa shape index (κ1) is 16.9. The van der Waals surface area contributed by atoms with E-state index >= 15 is 0 Å². The van der Waals surface area contributed by atoms with Crippen LogP contribution in [-0.4, -0.2) is 44.2 Å². The number of hydrogen-bond acceptors (Lipinski definition) is 3. The van der Waals surface area contributed by atoms with Crippen LogP contribution in [0.25, 0.3) is 0 Å². The van der Waals surface area contributed by atoms with E-state index in [1.165, 1.54) is 4.31 Å². The average molecular weight is 264 g/mol. The Hall–Kier alpha value is -0.130. The molecule has 1 unspecified atom stereocenters. The predicted octanol–water partition coefficient (Wildman–Crippen LogP) is 1.68. The second-order valence-corrected chi connectivity index (χ2v) is 7.57. The zero-order valence-corrected chi connectivity index (χ0v) is 12.8. The summed E-state index contributed by atoms with van der Waals surface area (Å²) in [6.45, 7) is 10.7. The summed E-state index contributed by atoms with van der Waals surface area (Å²) in [6, 6.07) is 0.391. The highest BCUT2D eigenvalue weighted by molar-refractivity contribution is 7.89. The Labute approximate surface area is 107 Å². The van der Waals surface area contributed by atoms with Gasteiger partial charge in [0.25, 0.3) is 0 Å². The summed E-state index contributed by atoms with van der Waals surface area (Å²) >= 11 is 0. The summed E-state index contributed by atoms with van der Waals surface area (Å²) < 4.78 is 25.6. The van der Waals surface area contributed by atoms with Crippen LogP contribution in [0.5, 0.6) is 0 Å². The minimum absolute atomic E-state index is 0.0686. The molecule has 17 heavy (non-hydrogen) atoms. The standard InChI is InChI=1S/C12H28N2O2S/c1-10(2)9-12(5)14(6)17(15,16)8-7-13-11(3)4/h10-13H,7-9H2,1-6H3. The molecule has 5 heteroatoms. The van der Waals surface area contributed by atoms with E-state index in [1.807, 2.05) is 20.8 Å². The van der Waals surface area contributed by atoms with Gasteiger partial charge in [-0.1, -0.05) is 27.7 Å². The fraction of sp³-hybridized carbons (Fsp3) is 1.00. The molecule has 0 saturated heterocycles. The quantitative estimate of drug-likeness (QED) is 0.725. The van der Waals surface area contributed by atoms with Crippen LogP contribution in [0, 0.1) is 5.92 Å². The van der Waals surface area contributed by atoms with E-state index in [4.69, 9.17) is 0 Å². The molecule has 0 heterocycles. The Morgan fingerprint density at radius 2 is 1.65 bits per heavy atom. The van der Waals surface area contributed by atoms with Crippen LogP contribution in [0.1, 0.15) is 41.0 Å². The van der Waals surface area contributed by atoms with E-state index in [-0.39, 0.29) is 11.8 Å². The molecule has 0 radical (unpaired) electrons. The molecule has 1 N–H and O–H groups in total. The average Bonchev–Trinajstić information content (AvgIpc) is 2.14. The van der Waals surface area contributed by atoms with Crippen LogP contribution in [0.3, 0.4) is 0 Å². The smallest absolute Gasteiger partial charge is 0.215 e. The Bertz CT molecular complexity index is 300. The van der Waals surface area contributed by atoms with Gasteiger partial charge in [-0.05, 0) is 19.3 Å². The summed E-state index contributed by atoms with van der Waals surface area (Å²) in [5.41, 5.74) is 0. The molecule has 0 aromatic carbocycles. The van der Waals surface area contributed by atoms with Gasteiger partial charge in [-0.3, -0.25) is 0 Å². The van der Waals surface area contributed by atoms with Crippen molar-refractivity contribution in [3.8, 4) is 0 Å². The largest absolute Gasteiger partial charge is 0.313 e. The lowest BCUT2D eigenvalue weighted by atomic mass is 10.1. The highest BCUT2D eigenvalue weighted by Gasteiger charge is 2.23. The van der Waals surface area contributed by atoms with Crippen molar-refractivity contribution in [2.45, 2.75) is 53.1 Å². The lowest BCUT2D eigenvalue weighted by molar-refractivity contribution is 0.337. The van der Waals surface area contributed by atoms with Gasteiger partial charge in [-0.15, -0.1) is 0 Å². The van der Waals surface area contributed by atoms with Crippen molar-refractivity contribution < 1.29 is 8.42 Å². The van der Waals surface area contributed by atoms with E-state index in [0.29, 0.717) is 18.5 Å². The summed E-state index contributed by atoms with van der Waals surface area (Å²) in [6.07, 6.45) is 0.896. The molecular weight excluding hydrogens is 236 g/mol. The van der Waals surface area contributed by atoms with Crippen LogP contribution < -0.4 is 5.32 Å². The van der Waals surface area contributed by atoms with Crippen molar-refractivity contribution in [1.29, 1.82) is 0 Å². The number of hydrogen-bond donors (Lipinski definition) is 1. The van der Waals surface area contributed by atoms with Gasteiger partial charge in [0.15, 0.2) is 0 Å². The highest BCUT2D eigenvalue weighted by atomic mass is 32.2. The fourth-order valence-corrected chi connectivity index (χ4v) is 3.02. The fourth-order valence-electron chi connectivity index (χ4n) is 1.73. The van der Waals surface area contributed by atoms with E-state index < -0.39 is 10.0 Å². The number of rotatable bonds is 8. The SMILES string of the molecule is CC(C)CC(C)N(C)S(=O)(=O)CCNC(C)C. The Morgan fingerprint density at radius 3 is 2.06 bits per heavy atom. The molecule has 0 rings (SSSR count). The number of nitrogens with one attached hydrogen (secondary N) is 1. The van der Waals surface area contributed by atoms with Crippen LogP contribution in [0.2, 0.25) is 0 Å². The molecule has 0 fully saturated rings. The minimum Gasteiger partial charge on any atom is -0.313 e. The van der Waals surface area contributed by atoms with Crippen molar-refractivity contribution in [2.75, 3.05) is 19.3 Å². The molecule has 0 saturated carbocycles. The van der Waals surface area contributed by atoms with Crippen molar-refractivity contribution in [2.24, 2.45) is 5.92 Å². The first-order valence-corrected chi connectivity index (χ1v) is 7.96. The molecule has 0 amide bonds. The summed E-state index contributed by atoms with van der Waals surface area (Å²) in [5, 5.41) is 3.13. The van der Waals surface area contributed by atoms with Crippen LogP contribution in [0.15, 0.2) is 0 Å². The molecule has 0 aliphatic rings.